The highest BCUT2D eigenvalue weighted by atomic mass is 28.3. The zero-order valence-electron chi connectivity index (χ0n) is 75.0. The van der Waals surface area contributed by atoms with Crippen molar-refractivity contribution < 1.29 is 18.3 Å². The van der Waals surface area contributed by atoms with Gasteiger partial charge in [0.1, 0.15) is 28.2 Å². The highest BCUT2D eigenvalue weighted by Gasteiger charge is 2.34. The monoisotopic (exact) mass is 1490 g/mol. The molecule has 4 nitrogen and oxygen atoms in total. The molecule has 0 atom stereocenters. The van der Waals surface area contributed by atoms with E-state index >= 15 is 0 Å². The van der Waals surface area contributed by atoms with E-state index in [1.807, 2.05) is 0 Å². The number of aryl methyl sites for hydroxylation is 9. The number of aromatic nitrogens is 4. The summed E-state index contributed by atoms with van der Waals surface area (Å²) < 4.78 is 9.40. The molecular formula is C97H154N4Si4+4. The smallest absolute Gasteiger partial charge is 0.201 e. The fraction of sp³-hybridized carbons (Fsp3) is 0.546. The Bertz CT molecular complexity index is 4250. The van der Waals surface area contributed by atoms with E-state index in [9.17, 15) is 0 Å². The van der Waals surface area contributed by atoms with Crippen LogP contribution in [0.5, 0.6) is 0 Å². The summed E-state index contributed by atoms with van der Waals surface area (Å²) in [6, 6.07) is 37.8. The number of hydrogen-bond donors (Lipinski definition) is 0. The highest BCUT2D eigenvalue weighted by Crippen LogP contribution is 2.34. The van der Waals surface area contributed by atoms with Crippen molar-refractivity contribution in [2.45, 2.75) is 295 Å². The number of hydrogen-bond acceptors (Lipinski definition) is 0. The van der Waals surface area contributed by atoms with Gasteiger partial charge in [0, 0.05) is 67.3 Å². The molecule has 8 heteroatoms. The Morgan fingerprint density at radius 2 is 0.619 bits per heavy atom. The molecule has 8 aromatic rings. The molecule has 0 aliphatic carbocycles. The molecule has 0 N–H and O–H groups in total. The Balaban J connectivity index is 0.000000252. The van der Waals surface area contributed by atoms with Crippen LogP contribution in [0, 0.1) is 62.2 Å². The zero-order valence-corrected chi connectivity index (χ0v) is 79.0. The van der Waals surface area contributed by atoms with Crippen molar-refractivity contribution in [1.82, 2.24) is 0 Å². The standard InChI is InChI=1S/C26H42NSi.C25H40NSi.C24H38NSi.C22H34NSi/c1-11-20(12-2)21-14-13-19(3)23(15-21)24-16-22(17-26(4,5)6)25(18-27(24)7)28(8,9)10;1-18(2)13-20-11-12-22(19(3)14-20)23-15-21(16-25(4,5)6)24(17-26(23)7)27(8,9)10;1-17(2)19-11-12-21(18(3)13-19)22-14-20(15-24(4,5)6)23(16-25(22)7)26(8,9)10;1-16-10-11-19(17(2)12-16)20-13-18(14-22(3,4)5)21(15-23(20)6)24(7,8)9/h13-16,18,20H,11-12,17H2,1-10H3;11-12,14-15,17-18H,13,16H2,1-10H3;11-14,16-17H,15H2,1-10H3;10-13,15H,14H2,1-9H3/q4*+1. The SMILES string of the molecule is CCC(CC)c1ccc(C)c(-c2cc(CC(C)(C)C)c([Si](C)(C)C)c[n+]2C)c1.Cc1cc(C(C)C)ccc1-c1cc(CC(C)(C)C)c([Si](C)(C)C)c[n+]1C.Cc1cc(CC(C)C)ccc1-c1cc(CC(C)(C)C)c([Si](C)(C)C)c[n+]1C.Cc1ccc(-c2cc(CC(C)(C)C)c([Si](C)(C)C)c[n+]2C)c(C)c1. The van der Waals surface area contributed by atoms with Gasteiger partial charge in [-0.1, -0.05) is 257 Å². The fourth-order valence-corrected chi connectivity index (χ4v) is 22.2. The molecular weight excluding hydrogens is 1330 g/mol. The lowest BCUT2D eigenvalue weighted by Gasteiger charge is -2.25. The number of rotatable bonds is 18. The lowest BCUT2D eigenvalue weighted by atomic mass is 9.87. The Morgan fingerprint density at radius 3 is 0.895 bits per heavy atom. The van der Waals surface area contributed by atoms with Crippen LogP contribution in [0.3, 0.4) is 0 Å². The Labute approximate surface area is 650 Å². The third-order valence-corrected chi connectivity index (χ3v) is 28.9. The molecule has 0 aliphatic rings. The summed E-state index contributed by atoms with van der Waals surface area (Å²) in [7, 11) is 3.26. The summed E-state index contributed by atoms with van der Waals surface area (Å²) in [5.41, 5.74) is 29.3. The van der Waals surface area contributed by atoms with Crippen LogP contribution in [0.1, 0.15) is 216 Å². The van der Waals surface area contributed by atoms with E-state index in [1.54, 1.807) is 31.9 Å². The van der Waals surface area contributed by atoms with Gasteiger partial charge in [-0.15, -0.1) is 0 Å². The summed E-state index contributed by atoms with van der Waals surface area (Å²) in [5, 5.41) is 6.38. The first-order valence-corrected chi connectivity index (χ1v) is 54.3. The minimum absolute atomic E-state index is 0.290. The van der Waals surface area contributed by atoms with Crippen molar-refractivity contribution in [2.75, 3.05) is 0 Å². The molecule has 105 heavy (non-hydrogen) atoms. The normalized spacial score (nSPS) is 12.7. The van der Waals surface area contributed by atoms with Crippen LogP contribution < -0.4 is 39.0 Å². The Hall–Kier alpha value is -5.65. The third-order valence-electron chi connectivity index (χ3n) is 20.6. The summed E-state index contributed by atoms with van der Waals surface area (Å²) in [5.74, 6) is 1.92. The van der Waals surface area contributed by atoms with Gasteiger partial charge in [0.25, 0.3) is 0 Å². The van der Waals surface area contributed by atoms with E-state index in [-0.39, 0.29) is 5.41 Å². The van der Waals surface area contributed by atoms with E-state index in [2.05, 4.69) is 406 Å². The van der Waals surface area contributed by atoms with Gasteiger partial charge in [0.2, 0.25) is 22.8 Å². The summed E-state index contributed by atoms with van der Waals surface area (Å²) in [6.07, 6.45) is 17.8. The fourth-order valence-electron chi connectivity index (χ4n) is 15.4. The average Bonchev–Trinajstić information content (AvgIpc) is 0.785. The second-order valence-corrected chi connectivity index (χ2v) is 61.8. The van der Waals surface area contributed by atoms with E-state index in [0.29, 0.717) is 34.0 Å². The lowest BCUT2D eigenvalue weighted by molar-refractivity contribution is -0.659. The molecule has 4 heterocycles. The van der Waals surface area contributed by atoms with Gasteiger partial charge in [0.05, 0.1) is 32.3 Å². The van der Waals surface area contributed by atoms with Crippen molar-refractivity contribution in [3.05, 3.63) is 189 Å². The molecule has 0 amide bonds. The molecule has 4 aromatic heterocycles. The maximum absolute atomic E-state index is 2.50. The minimum atomic E-state index is -1.41. The quantitative estimate of drug-likeness (QED) is 0.0601. The molecule has 0 bridgehead atoms. The lowest BCUT2D eigenvalue weighted by Crippen LogP contribution is -2.47. The van der Waals surface area contributed by atoms with Gasteiger partial charge in [-0.25, -0.2) is 18.3 Å². The number of benzene rings is 4. The number of nitrogens with zero attached hydrogens (tertiary/aromatic N) is 4. The molecule has 0 fully saturated rings. The molecule has 0 unspecified atom stereocenters. The van der Waals surface area contributed by atoms with E-state index in [0.717, 1.165) is 32.1 Å². The largest absolute Gasteiger partial charge is 0.212 e. The molecule has 0 saturated carbocycles. The summed E-state index contributed by atoms with van der Waals surface area (Å²) >= 11 is 0. The van der Waals surface area contributed by atoms with E-state index < -0.39 is 32.3 Å². The molecule has 8 rings (SSSR count). The van der Waals surface area contributed by atoms with Gasteiger partial charge in [-0.3, -0.25) is 0 Å². The van der Waals surface area contributed by atoms with Crippen molar-refractivity contribution in [1.29, 1.82) is 0 Å². The van der Waals surface area contributed by atoms with Crippen LogP contribution in [0.4, 0.5) is 0 Å². The van der Waals surface area contributed by atoms with Gasteiger partial charge >= 0.3 is 0 Å². The summed E-state index contributed by atoms with van der Waals surface area (Å²) in [4.78, 5) is 0. The van der Waals surface area contributed by atoms with Gasteiger partial charge in [0.15, 0.2) is 24.8 Å². The second-order valence-electron chi connectivity index (χ2n) is 41.7. The van der Waals surface area contributed by atoms with E-state index in [1.165, 1.54) is 114 Å². The van der Waals surface area contributed by atoms with Gasteiger partial charge < -0.3 is 0 Å². The van der Waals surface area contributed by atoms with Crippen molar-refractivity contribution >= 4 is 53.0 Å². The molecule has 4 aromatic carbocycles. The maximum Gasteiger partial charge on any atom is 0.212 e. The first kappa shape index (κ1) is 90.0. The van der Waals surface area contributed by atoms with Crippen LogP contribution in [0.25, 0.3) is 45.0 Å². The molecule has 574 valence electrons. The van der Waals surface area contributed by atoms with Crippen molar-refractivity contribution in [3.63, 3.8) is 0 Å². The first-order valence-electron chi connectivity index (χ1n) is 40.3. The van der Waals surface area contributed by atoms with Crippen molar-refractivity contribution in [2.24, 2.45) is 55.8 Å². The molecule has 0 spiro atoms. The molecule has 0 radical (unpaired) electrons. The average molecular weight is 1490 g/mol. The number of pyridine rings is 4. The highest BCUT2D eigenvalue weighted by molar-refractivity contribution is 6.90. The molecule has 0 aliphatic heterocycles. The summed E-state index contributed by atoms with van der Waals surface area (Å²) in [6.45, 7) is 82.5. The second kappa shape index (κ2) is 35.4. The Morgan fingerprint density at radius 1 is 0.324 bits per heavy atom. The van der Waals surface area contributed by atoms with Crippen LogP contribution in [-0.2, 0) is 60.3 Å². The first-order chi connectivity index (χ1) is 47.8. The predicted molar refractivity (Wildman–Crippen MR) is 476 cm³/mol. The molecule has 0 saturated heterocycles. The van der Waals surface area contributed by atoms with Crippen molar-refractivity contribution in [3.8, 4) is 45.0 Å². The zero-order chi connectivity index (χ0) is 80.0. The topological polar surface area (TPSA) is 15.5 Å². The van der Waals surface area contributed by atoms with Crippen LogP contribution in [0.2, 0.25) is 78.6 Å². The van der Waals surface area contributed by atoms with Gasteiger partial charge in [-0.2, -0.15) is 0 Å². The van der Waals surface area contributed by atoms with Gasteiger partial charge in [-0.05, 0) is 204 Å². The predicted octanol–water partition coefficient (Wildman–Crippen LogP) is 23.0. The van der Waals surface area contributed by atoms with E-state index in [4.69, 9.17) is 0 Å². The minimum Gasteiger partial charge on any atom is -0.201 e. The maximum atomic E-state index is 2.50. The van der Waals surface area contributed by atoms with Crippen LogP contribution in [0.15, 0.2) is 122 Å². The van der Waals surface area contributed by atoms with Crippen LogP contribution in [-0.4, -0.2) is 32.3 Å². The Kier molecular flexibility index (Phi) is 30.3. The third kappa shape index (κ3) is 26.3. The van der Waals surface area contributed by atoms with Crippen LogP contribution >= 0.6 is 0 Å².